The summed E-state index contributed by atoms with van der Waals surface area (Å²) in [6.07, 6.45) is 1.21. The Morgan fingerprint density at radius 2 is 1.26 bits per heavy atom. The van der Waals surface area contributed by atoms with Crippen LogP contribution in [0.15, 0.2) is 42.6 Å². The zero-order valence-corrected chi connectivity index (χ0v) is 16.3. The molecule has 0 saturated carbocycles. The van der Waals surface area contributed by atoms with Gasteiger partial charge < -0.3 is 4.74 Å². The molecule has 152 valence electrons. The van der Waals surface area contributed by atoms with Gasteiger partial charge in [0, 0.05) is 46.3 Å². The highest BCUT2D eigenvalue weighted by Crippen LogP contribution is 2.38. The van der Waals surface area contributed by atoms with Crippen LogP contribution in [0.25, 0.3) is 10.8 Å². The number of nitrogens with zero attached hydrogens (tertiary/aromatic N) is 3. The highest BCUT2D eigenvalue weighted by atomic mass is 16.5. The van der Waals surface area contributed by atoms with Crippen molar-refractivity contribution in [1.29, 1.82) is 0 Å². The van der Waals surface area contributed by atoms with Gasteiger partial charge in [0.1, 0.15) is 5.82 Å². The molecule has 9 nitrogen and oxygen atoms in total. The van der Waals surface area contributed by atoms with E-state index in [9.17, 15) is 24.0 Å². The van der Waals surface area contributed by atoms with Gasteiger partial charge in [0.2, 0.25) is 0 Å². The first kappa shape index (κ1) is 18.6. The number of pyridine rings is 1. The molecule has 0 radical (unpaired) electrons. The number of anilines is 1. The van der Waals surface area contributed by atoms with Crippen LogP contribution in [0.3, 0.4) is 0 Å². The zero-order valence-electron chi connectivity index (χ0n) is 16.3. The maximum absolute atomic E-state index is 13.2. The topological polar surface area (TPSA) is 114 Å². The lowest BCUT2D eigenvalue weighted by Crippen LogP contribution is -2.42. The third-order valence-electron chi connectivity index (χ3n) is 5.50. The van der Waals surface area contributed by atoms with Crippen molar-refractivity contribution in [1.82, 2.24) is 9.88 Å². The normalized spacial score (nSPS) is 15.0. The molecule has 0 atom stereocenters. The second-order valence-corrected chi connectivity index (χ2v) is 7.08. The summed E-state index contributed by atoms with van der Waals surface area (Å²) in [6.45, 7) is 0. The molecule has 2 aliphatic rings. The maximum atomic E-state index is 13.2. The van der Waals surface area contributed by atoms with Gasteiger partial charge in [0.05, 0.1) is 12.7 Å². The molecule has 0 unspecified atom stereocenters. The van der Waals surface area contributed by atoms with E-state index in [1.54, 1.807) is 0 Å². The lowest BCUT2D eigenvalue weighted by atomic mass is 9.86. The minimum Gasteiger partial charge on any atom is -0.465 e. The minimum atomic E-state index is -0.640. The van der Waals surface area contributed by atoms with Crippen molar-refractivity contribution in [2.24, 2.45) is 0 Å². The van der Waals surface area contributed by atoms with Crippen molar-refractivity contribution < 1.29 is 28.7 Å². The fraction of sp³-hybridized carbons (Fsp3) is 0.0909. The number of hydrogen-bond acceptors (Lipinski definition) is 7. The molecule has 3 heterocycles. The van der Waals surface area contributed by atoms with E-state index in [-0.39, 0.29) is 39.0 Å². The van der Waals surface area contributed by atoms with Crippen LogP contribution < -0.4 is 4.90 Å². The molecule has 1 aromatic heterocycles. The third kappa shape index (κ3) is 2.37. The van der Waals surface area contributed by atoms with E-state index in [0.717, 1.165) is 9.80 Å². The summed E-state index contributed by atoms with van der Waals surface area (Å²) in [6, 6.07) is 8.68. The van der Waals surface area contributed by atoms with Crippen molar-refractivity contribution >= 4 is 46.2 Å². The van der Waals surface area contributed by atoms with Gasteiger partial charge >= 0.3 is 5.97 Å². The van der Waals surface area contributed by atoms with Crippen molar-refractivity contribution in [2.45, 2.75) is 0 Å². The van der Waals surface area contributed by atoms with Crippen LogP contribution in [0.1, 0.15) is 51.8 Å². The molecule has 4 amide bonds. The molecule has 9 heteroatoms. The molecule has 5 rings (SSSR count). The van der Waals surface area contributed by atoms with Crippen LogP contribution in [0.4, 0.5) is 5.82 Å². The summed E-state index contributed by atoms with van der Waals surface area (Å²) < 4.78 is 4.63. The number of carbonyl (C=O) groups excluding carboxylic acids is 5. The summed E-state index contributed by atoms with van der Waals surface area (Å²) >= 11 is 0. The number of rotatable bonds is 2. The molecule has 0 spiro atoms. The number of benzene rings is 2. The van der Waals surface area contributed by atoms with Crippen molar-refractivity contribution in [3.8, 4) is 0 Å². The van der Waals surface area contributed by atoms with Crippen molar-refractivity contribution in [2.75, 3.05) is 19.1 Å². The van der Waals surface area contributed by atoms with Gasteiger partial charge in [-0.2, -0.15) is 0 Å². The van der Waals surface area contributed by atoms with E-state index in [0.29, 0.717) is 5.39 Å². The molecule has 31 heavy (non-hydrogen) atoms. The summed E-state index contributed by atoms with van der Waals surface area (Å²) in [5.74, 6) is -2.84. The molecular weight excluding hydrogens is 402 g/mol. The van der Waals surface area contributed by atoms with Gasteiger partial charge in [-0.15, -0.1) is 0 Å². The largest absolute Gasteiger partial charge is 0.465 e. The Bertz CT molecular complexity index is 1310. The SMILES string of the molecule is COC(=O)c1ccc(N2C(=O)c3ccc4c5c(ccc(c35)C2=O)C(=O)N(C)C4=O)nc1. The number of methoxy groups -OCH3 is 1. The monoisotopic (exact) mass is 415 g/mol. The average molecular weight is 415 g/mol. The average Bonchev–Trinajstić information content (AvgIpc) is 2.79. The fourth-order valence-corrected chi connectivity index (χ4v) is 3.96. The van der Waals surface area contributed by atoms with E-state index < -0.39 is 29.6 Å². The van der Waals surface area contributed by atoms with E-state index in [4.69, 9.17) is 0 Å². The van der Waals surface area contributed by atoms with Crippen LogP contribution in [0, 0.1) is 0 Å². The van der Waals surface area contributed by atoms with Gasteiger partial charge in [-0.05, 0) is 36.4 Å². The van der Waals surface area contributed by atoms with E-state index in [1.165, 1.54) is 56.8 Å². The molecular formula is C22H13N3O6. The van der Waals surface area contributed by atoms with E-state index >= 15 is 0 Å². The Kier molecular flexibility index (Phi) is 3.78. The lowest BCUT2D eigenvalue weighted by Gasteiger charge is -2.30. The molecule has 0 aliphatic carbocycles. The first-order valence-electron chi connectivity index (χ1n) is 9.20. The summed E-state index contributed by atoms with van der Waals surface area (Å²) in [5, 5.41) is 0.584. The Hall–Kier alpha value is -4.40. The highest BCUT2D eigenvalue weighted by Gasteiger charge is 2.39. The van der Waals surface area contributed by atoms with Crippen LogP contribution in [0.2, 0.25) is 0 Å². The molecule has 0 N–H and O–H groups in total. The number of hydrogen-bond donors (Lipinski definition) is 0. The Morgan fingerprint density at radius 3 is 1.68 bits per heavy atom. The van der Waals surface area contributed by atoms with Gasteiger partial charge in [-0.3, -0.25) is 24.1 Å². The van der Waals surface area contributed by atoms with E-state index in [2.05, 4.69) is 9.72 Å². The summed E-state index contributed by atoms with van der Waals surface area (Å²) in [5.41, 5.74) is 1.04. The second-order valence-electron chi connectivity index (χ2n) is 7.08. The number of aromatic nitrogens is 1. The highest BCUT2D eigenvalue weighted by molar-refractivity contribution is 6.39. The minimum absolute atomic E-state index is 0.0357. The second kappa shape index (κ2) is 6.30. The fourth-order valence-electron chi connectivity index (χ4n) is 3.96. The van der Waals surface area contributed by atoms with Crippen molar-refractivity contribution in [3.63, 3.8) is 0 Å². The van der Waals surface area contributed by atoms with Gasteiger partial charge in [-0.1, -0.05) is 0 Å². The smallest absolute Gasteiger partial charge is 0.339 e. The third-order valence-corrected chi connectivity index (χ3v) is 5.50. The summed E-state index contributed by atoms with van der Waals surface area (Å²) in [4.78, 5) is 69.2. The number of imide groups is 2. The molecule has 3 aromatic rings. The van der Waals surface area contributed by atoms with Crippen LogP contribution in [0.5, 0.6) is 0 Å². The van der Waals surface area contributed by atoms with Crippen LogP contribution >= 0.6 is 0 Å². The predicted octanol–water partition coefficient (Wildman–Crippen LogP) is 2.05. The Balaban J connectivity index is 1.70. The maximum Gasteiger partial charge on any atom is 0.339 e. The number of esters is 1. The summed E-state index contributed by atoms with van der Waals surface area (Å²) in [7, 11) is 2.62. The number of ether oxygens (including phenoxy) is 1. The van der Waals surface area contributed by atoms with Crippen LogP contribution in [-0.2, 0) is 4.74 Å². The van der Waals surface area contributed by atoms with Crippen molar-refractivity contribution in [3.05, 3.63) is 70.4 Å². The first-order chi connectivity index (χ1) is 14.8. The van der Waals surface area contributed by atoms with Gasteiger partial charge in [0.15, 0.2) is 0 Å². The molecule has 2 aliphatic heterocycles. The molecule has 2 aromatic carbocycles. The Morgan fingerprint density at radius 1 is 0.774 bits per heavy atom. The zero-order chi connectivity index (χ0) is 22.0. The molecule has 0 fully saturated rings. The van der Waals surface area contributed by atoms with Gasteiger partial charge in [0.25, 0.3) is 23.6 Å². The standard InChI is InChI=1S/C22H13N3O6/c1-24-18(26)11-4-6-13-17-14(7-5-12(16(11)17)19(24)27)21(29)25(20(13)28)15-8-3-10(9-23-15)22(30)31-2/h3-9H,1-2H3. The lowest BCUT2D eigenvalue weighted by molar-refractivity contribution is 0.0597. The van der Waals surface area contributed by atoms with Crippen LogP contribution in [-0.4, -0.2) is 53.6 Å². The quantitative estimate of drug-likeness (QED) is 0.465. The number of amides is 4. The molecule has 0 bridgehead atoms. The predicted molar refractivity (Wildman–Crippen MR) is 107 cm³/mol. The Labute approximate surface area is 174 Å². The number of carbonyl (C=O) groups is 5. The van der Waals surface area contributed by atoms with Gasteiger partial charge in [-0.25, -0.2) is 14.7 Å². The van der Waals surface area contributed by atoms with E-state index in [1.807, 2.05) is 0 Å². The first-order valence-corrected chi connectivity index (χ1v) is 9.20. The molecule has 0 saturated heterocycles.